The van der Waals surface area contributed by atoms with Crippen LogP contribution in [0, 0.1) is 11.8 Å². The molecule has 4 aliphatic rings. The highest BCUT2D eigenvalue weighted by atomic mass is 16.7. The van der Waals surface area contributed by atoms with E-state index in [1.165, 1.54) is 25.8 Å². The lowest BCUT2D eigenvalue weighted by Crippen LogP contribution is -3.18. The van der Waals surface area contributed by atoms with Crippen molar-refractivity contribution in [2.45, 2.75) is 83.0 Å². The minimum absolute atomic E-state index is 0.0702. The van der Waals surface area contributed by atoms with E-state index in [4.69, 9.17) is 10.6 Å². The zero-order chi connectivity index (χ0) is 19.7. The van der Waals surface area contributed by atoms with Gasteiger partial charge in [-0.15, -0.1) is 0 Å². The minimum Gasteiger partial charge on any atom is -0.369 e. The lowest BCUT2D eigenvalue weighted by molar-refractivity contribution is -0.937. The summed E-state index contributed by atoms with van der Waals surface area (Å²) in [5.41, 5.74) is 8.83. The van der Waals surface area contributed by atoms with E-state index in [1.54, 1.807) is 4.90 Å². The van der Waals surface area contributed by atoms with Crippen LogP contribution >= 0.6 is 0 Å². The summed E-state index contributed by atoms with van der Waals surface area (Å²) in [4.78, 5) is 21.7. The number of hydroxylamine groups is 1. The summed E-state index contributed by atoms with van der Waals surface area (Å²) in [5.74, 6) is 0.524. The molecule has 160 valence electrons. The van der Waals surface area contributed by atoms with E-state index in [2.05, 4.69) is 34.9 Å². The Bertz CT molecular complexity index is 539. The van der Waals surface area contributed by atoms with E-state index >= 15 is 0 Å². The van der Waals surface area contributed by atoms with Gasteiger partial charge < -0.3 is 16.0 Å². The van der Waals surface area contributed by atoms with Gasteiger partial charge in [-0.05, 0) is 26.7 Å². The normalized spacial score (nSPS) is 41.0. The smallest absolute Gasteiger partial charge is 0.220 e. The van der Waals surface area contributed by atoms with Crippen molar-refractivity contribution in [2.24, 2.45) is 17.6 Å². The molecule has 0 aromatic heterocycles. The summed E-state index contributed by atoms with van der Waals surface area (Å²) in [6.45, 7) is 9.02. The number of likely N-dealkylation sites (tertiary alicyclic amines) is 2. The molecule has 4 fully saturated rings. The third kappa shape index (κ3) is 4.37. The second-order valence-electron chi connectivity index (χ2n) is 9.62. The second kappa shape index (κ2) is 8.93. The molecular weight excluding hydrogens is 356 g/mol. The number of carbonyl (C=O) groups is 1. The molecular formula is C20H40N6O2+2. The molecule has 28 heavy (non-hydrogen) atoms. The number of primary amides is 1. The molecule has 0 radical (unpaired) electrons. The first-order valence-corrected chi connectivity index (χ1v) is 11.4. The van der Waals surface area contributed by atoms with E-state index in [-0.39, 0.29) is 24.2 Å². The molecule has 0 bridgehead atoms. The summed E-state index contributed by atoms with van der Waals surface area (Å²) in [7, 11) is 0. The molecule has 0 aromatic rings. The number of hydrogen-bond donors (Lipinski definition) is 5. The van der Waals surface area contributed by atoms with Crippen molar-refractivity contribution < 1.29 is 19.8 Å². The highest BCUT2D eigenvalue weighted by Gasteiger charge is 2.45. The maximum absolute atomic E-state index is 11.4. The zero-order valence-electron chi connectivity index (χ0n) is 17.5. The van der Waals surface area contributed by atoms with Gasteiger partial charge in [0.2, 0.25) is 5.91 Å². The number of amides is 1. The number of nitrogens with two attached hydrogens (primary N) is 2. The van der Waals surface area contributed by atoms with Crippen LogP contribution < -0.4 is 26.7 Å². The molecule has 4 saturated heterocycles. The first-order chi connectivity index (χ1) is 13.5. The van der Waals surface area contributed by atoms with Crippen LogP contribution in [-0.2, 0) is 9.63 Å². The van der Waals surface area contributed by atoms with Crippen LogP contribution in [-0.4, -0.2) is 67.6 Å². The summed E-state index contributed by atoms with van der Waals surface area (Å²) >= 11 is 0. The van der Waals surface area contributed by atoms with Crippen LogP contribution in [0.5, 0.6) is 0 Å². The average Bonchev–Trinajstić information content (AvgIpc) is 3.37. The minimum atomic E-state index is -0.128. The summed E-state index contributed by atoms with van der Waals surface area (Å²) in [5, 5.41) is 6.27. The summed E-state index contributed by atoms with van der Waals surface area (Å²) in [6.07, 6.45) is 7.61. The Morgan fingerprint density at radius 3 is 2.75 bits per heavy atom. The van der Waals surface area contributed by atoms with Crippen molar-refractivity contribution in [3.8, 4) is 0 Å². The highest BCUT2D eigenvalue weighted by molar-refractivity contribution is 5.76. The predicted molar refractivity (Wildman–Crippen MR) is 106 cm³/mol. The van der Waals surface area contributed by atoms with Crippen LogP contribution in [0.2, 0.25) is 0 Å². The molecule has 0 aliphatic carbocycles. The quantitative estimate of drug-likeness (QED) is 0.360. The highest BCUT2D eigenvalue weighted by Crippen LogP contribution is 2.25. The Morgan fingerprint density at radius 2 is 2.04 bits per heavy atom. The van der Waals surface area contributed by atoms with Crippen LogP contribution in [0.4, 0.5) is 0 Å². The first-order valence-electron chi connectivity index (χ1n) is 11.4. The Labute approximate surface area is 168 Å². The van der Waals surface area contributed by atoms with Gasteiger partial charge in [-0.1, -0.05) is 0 Å². The third-order valence-electron chi connectivity index (χ3n) is 7.62. The molecule has 0 aromatic carbocycles. The van der Waals surface area contributed by atoms with E-state index in [0.717, 1.165) is 38.9 Å². The maximum atomic E-state index is 11.4. The van der Waals surface area contributed by atoms with Crippen LogP contribution in [0.1, 0.15) is 52.4 Å². The number of piperidine rings is 2. The number of quaternary nitrogens is 2. The van der Waals surface area contributed by atoms with E-state index in [0.29, 0.717) is 24.2 Å². The zero-order valence-corrected chi connectivity index (χ0v) is 17.5. The Hall–Kier alpha value is -0.770. The molecule has 4 rings (SSSR count). The molecule has 4 aliphatic heterocycles. The van der Waals surface area contributed by atoms with Gasteiger partial charge in [0, 0.05) is 50.6 Å². The Kier molecular flexibility index (Phi) is 6.54. The molecule has 8 heteroatoms. The van der Waals surface area contributed by atoms with Gasteiger partial charge in [-0.25, -0.2) is 0 Å². The molecule has 6 atom stereocenters. The Morgan fingerprint density at radius 1 is 1.25 bits per heavy atom. The molecule has 4 heterocycles. The van der Waals surface area contributed by atoms with Crippen molar-refractivity contribution in [3.63, 3.8) is 0 Å². The van der Waals surface area contributed by atoms with Gasteiger partial charge in [-0.2, -0.15) is 5.48 Å². The largest absolute Gasteiger partial charge is 0.369 e. The number of rotatable bonds is 5. The van der Waals surface area contributed by atoms with Crippen LogP contribution in [0.3, 0.4) is 0 Å². The van der Waals surface area contributed by atoms with Gasteiger partial charge in [0.15, 0.2) is 6.23 Å². The second-order valence-corrected chi connectivity index (χ2v) is 9.62. The monoisotopic (exact) mass is 396 g/mol. The Balaban J connectivity index is 1.29. The fourth-order valence-electron chi connectivity index (χ4n) is 5.93. The van der Waals surface area contributed by atoms with Gasteiger partial charge in [0.05, 0.1) is 25.3 Å². The molecule has 0 saturated carbocycles. The van der Waals surface area contributed by atoms with Gasteiger partial charge in [0.25, 0.3) is 0 Å². The van der Waals surface area contributed by atoms with Crippen molar-refractivity contribution >= 4 is 5.91 Å². The number of carbonyl (C=O) groups excluding carboxylic acids is 1. The predicted octanol–water partition coefficient (Wildman–Crippen LogP) is -2.28. The van der Waals surface area contributed by atoms with Gasteiger partial charge in [-0.3, -0.25) is 19.8 Å². The van der Waals surface area contributed by atoms with Crippen molar-refractivity contribution in [2.75, 3.05) is 26.2 Å². The number of hydrogen-bond acceptors (Lipinski definition) is 5. The lowest BCUT2D eigenvalue weighted by atomic mass is 9.90. The van der Waals surface area contributed by atoms with E-state index in [1.807, 2.05) is 0 Å². The molecule has 1 amide bonds. The molecule has 8 nitrogen and oxygen atoms in total. The molecule has 0 spiro atoms. The molecule has 6 unspecified atom stereocenters. The van der Waals surface area contributed by atoms with E-state index < -0.39 is 0 Å². The average molecular weight is 397 g/mol. The molecule has 7 N–H and O–H groups in total. The van der Waals surface area contributed by atoms with Crippen molar-refractivity contribution in [1.29, 1.82) is 0 Å². The summed E-state index contributed by atoms with van der Waals surface area (Å²) < 4.78 is 0. The first kappa shape index (κ1) is 20.5. The van der Waals surface area contributed by atoms with E-state index in [9.17, 15) is 4.79 Å². The van der Waals surface area contributed by atoms with Crippen LogP contribution in [0.25, 0.3) is 0 Å². The van der Waals surface area contributed by atoms with Gasteiger partial charge >= 0.3 is 0 Å². The summed E-state index contributed by atoms with van der Waals surface area (Å²) in [6, 6.07) is 1.20. The number of nitrogens with one attached hydrogen (secondary N) is 3. The standard InChI is InChI=1S/C20H38N6O2/c1-13(2)26-9-3-4-16(26)20-23-19(24-28-20)15-5-8-22-17(12-15)25-10-6-14(7-11-25)18(21)27/h13-17,19-20,22-24H,3-12H2,1-2H3,(H2,21,27)/p+2. The SMILES string of the molecule is CC(C)[NH+]1CCCC1C1NC(C2CC[NH2+]C(N3CCC(C(N)=O)CC3)C2)NO1. The fourth-order valence-corrected chi connectivity index (χ4v) is 5.93. The topological polar surface area (TPSA) is 101 Å². The lowest BCUT2D eigenvalue weighted by Gasteiger charge is -2.39. The van der Waals surface area contributed by atoms with Crippen LogP contribution in [0.15, 0.2) is 0 Å². The van der Waals surface area contributed by atoms with Gasteiger partial charge in [0.1, 0.15) is 12.2 Å². The maximum Gasteiger partial charge on any atom is 0.220 e. The van der Waals surface area contributed by atoms with Crippen molar-refractivity contribution in [3.05, 3.63) is 0 Å². The van der Waals surface area contributed by atoms with Crippen molar-refractivity contribution in [1.82, 2.24) is 15.7 Å². The number of nitrogens with zero attached hydrogens (tertiary/aromatic N) is 1. The fraction of sp³-hybridized carbons (Fsp3) is 0.950. The third-order valence-corrected chi connectivity index (χ3v) is 7.62.